The molecule has 2 aromatic rings. The maximum absolute atomic E-state index is 12.8. The highest BCUT2D eigenvalue weighted by Gasteiger charge is 2.25. The zero-order valence-electron chi connectivity index (χ0n) is 17.2. The van der Waals surface area contributed by atoms with Gasteiger partial charge in [0.25, 0.3) is 0 Å². The molecule has 1 aromatic carbocycles. The number of ether oxygens (including phenoxy) is 1. The quantitative estimate of drug-likeness (QED) is 0.807. The summed E-state index contributed by atoms with van der Waals surface area (Å²) in [5.74, 6) is 2.52. The smallest absolute Gasteiger partial charge is 0.322 e. The largest absolute Gasteiger partial charge is 0.491 e. The monoisotopic (exact) mass is 395 g/mol. The standard InChI is InChI=1S/C22H29N5O2/c1-16(2)18-9-10-23-21(24-18)26-11-13-27(14-12-26)22(28)25-19-5-3-4-6-20(19)29-15-17-7-8-17/h3-6,9-10,16-17H,7-8,11-15H2,1-2H3,(H,25,28). The predicted octanol–water partition coefficient (Wildman–Crippen LogP) is 3.74. The molecule has 1 aliphatic heterocycles. The maximum Gasteiger partial charge on any atom is 0.322 e. The molecule has 0 bridgehead atoms. The summed E-state index contributed by atoms with van der Waals surface area (Å²) in [5, 5.41) is 3.02. The first-order chi connectivity index (χ1) is 14.1. The van der Waals surface area contributed by atoms with E-state index in [0.717, 1.165) is 42.8 Å². The van der Waals surface area contributed by atoms with E-state index in [4.69, 9.17) is 4.74 Å². The van der Waals surface area contributed by atoms with Gasteiger partial charge in [0.05, 0.1) is 12.3 Å². The summed E-state index contributed by atoms with van der Waals surface area (Å²) in [6.45, 7) is 7.67. The van der Waals surface area contributed by atoms with E-state index in [0.29, 0.717) is 24.9 Å². The molecule has 2 fully saturated rings. The van der Waals surface area contributed by atoms with Crippen molar-refractivity contribution in [1.82, 2.24) is 14.9 Å². The highest BCUT2D eigenvalue weighted by atomic mass is 16.5. The van der Waals surface area contributed by atoms with E-state index in [1.165, 1.54) is 12.8 Å². The summed E-state index contributed by atoms with van der Waals surface area (Å²) in [6, 6.07) is 9.51. The minimum atomic E-state index is -0.0935. The van der Waals surface area contributed by atoms with Crippen LogP contribution in [0.3, 0.4) is 0 Å². The summed E-state index contributed by atoms with van der Waals surface area (Å²) < 4.78 is 5.90. The van der Waals surface area contributed by atoms with E-state index in [-0.39, 0.29) is 6.03 Å². The van der Waals surface area contributed by atoms with Gasteiger partial charge in [0.1, 0.15) is 5.75 Å². The number of carbonyl (C=O) groups is 1. The Hall–Kier alpha value is -2.83. The number of nitrogens with one attached hydrogen (secondary N) is 1. The zero-order chi connectivity index (χ0) is 20.2. The van der Waals surface area contributed by atoms with Crippen LogP contribution in [0.4, 0.5) is 16.4 Å². The molecule has 7 nitrogen and oxygen atoms in total. The summed E-state index contributed by atoms with van der Waals surface area (Å²) in [5.41, 5.74) is 1.77. The first kappa shape index (κ1) is 19.5. The first-order valence-electron chi connectivity index (χ1n) is 10.5. The summed E-state index contributed by atoms with van der Waals surface area (Å²) in [4.78, 5) is 25.8. The van der Waals surface area contributed by atoms with Gasteiger partial charge < -0.3 is 19.9 Å². The molecule has 29 heavy (non-hydrogen) atoms. The lowest BCUT2D eigenvalue weighted by atomic mass is 10.1. The molecule has 154 valence electrons. The van der Waals surface area contributed by atoms with Crippen LogP contribution in [0, 0.1) is 5.92 Å². The van der Waals surface area contributed by atoms with Crippen LogP contribution < -0.4 is 15.0 Å². The second kappa shape index (κ2) is 8.68. The zero-order valence-corrected chi connectivity index (χ0v) is 17.2. The van der Waals surface area contributed by atoms with Gasteiger partial charge in [0, 0.05) is 38.1 Å². The number of hydrogen-bond acceptors (Lipinski definition) is 5. The van der Waals surface area contributed by atoms with Crippen LogP contribution in [0.2, 0.25) is 0 Å². The maximum atomic E-state index is 12.8. The Balaban J connectivity index is 1.33. The van der Waals surface area contributed by atoms with Gasteiger partial charge in [0.15, 0.2) is 0 Å². The molecule has 1 N–H and O–H groups in total. The van der Waals surface area contributed by atoms with Crippen molar-refractivity contribution in [2.45, 2.75) is 32.6 Å². The van der Waals surface area contributed by atoms with Crippen molar-refractivity contribution in [2.24, 2.45) is 5.92 Å². The number of aromatic nitrogens is 2. The van der Waals surface area contributed by atoms with E-state index in [1.54, 1.807) is 0 Å². The number of urea groups is 1. The molecule has 2 amide bonds. The van der Waals surface area contributed by atoms with Crippen LogP contribution >= 0.6 is 0 Å². The van der Waals surface area contributed by atoms with Crippen molar-refractivity contribution in [3.8, 4) is 5.75 Å². The fourth-order valence-corrected chi connectivity index (χ4v) is 3.33. The van der Waals surface area contributed by atoms with Gasteiger partial charge in [0.2, 0.25) is 5.95 Å². The Morgan fingerprint density at radius 1 is 1.17 bits per heavy atom. The third-order valence-electron chi connectivity index (χ3n) is 5.41. The van der Waals surface area contributed by atoms with E-state index < -0.39 is 0 Å². The molecule has 0 unspecified atom stereocenters. The second-order valence-corrected chi connectivity index (χ2v) is 8.09. The normalized spacial score (nSPS) is 16.8. The number of benzene rings is 1. The number of para-hydroxylation sites is 2. The lowest BCUT2D eigenvalue weighted by Gasteiger charge is -2.34. The van der Waals surface area contributed by atoms with E-state index in [2.05, 4.69) is 34.0 Å². The topological polar surface area (TPSA) is 70.6 Å². The molecule has 0 radical (unpaired) electrons. The molecule has 1 saturated heterocycles. The molecular weight excluding hydrogens is 366 g/mol. The van der Waals surface area contributed by atoms with Gasteiger partial charge in [-0.1, -0.05) is 26.0 Å². The minimum Gasteiger partial charge on any atom is -0.491 e. The van der Waals surface area contributed by atoms with Crippen LogP contribution in [0.15, 0.2) is 36.5 Å². The van der Waals surface area contributed by atoms with Gasteiger partial charge in [-0.15, -0.1) is 0 Å². The van der Waals surface area contributed by atoms with Crippen molar-refractivity contribution in [1.29, 1.82) is 0 Å². The van der Waals surface area contributed by atoms with Crippen LogP contribution in [0.5, 0.6) is 5.75 Å². The summed E-state index contributed by atoms with van der Waals surface area (Å²) in [7, 11) is 0. The fourth-order valence-electron chi connectivity index (χ4n) is 3.33. The van der Waals surface area contributed by atoms with Gasteiger partial charge in [-0.25, -0.2) is 14.8 Å². The van der Waals surface area contributed by atoms with E-state index >= 15 is 0 Å². The summed E-state index contributed by atoms with van der Waals surface area (Å²) in [6.07, 6.45) is 4.29. The van der Waals surface area contributed by atoms with Crippen molar-refractivity contribution in [2.75, 3.05) is 43.0 Å². The average Bonchev–Trinajstić information content (AvgIpc) is 3.58. The molecule has 4 rings (SSSR count). The van der Waals surface area contributed by atoms with Crippen LogP contribution in [0.25, 0.3) is 0 Å². The number of nitrogens with zero attached hydrogens (tertiary/aromatic N) is 4. The third kappa shape index (κ3) is 4.96. The Kier molecular flexibility index (Phi) is 5.83. The van der Waals surface area contributed by atoms with Gasteiger partial charge >= 0.3 is 6.03 Å². The average molecular weight is 396 g/mol. The van der Waals surface area contributed by atoms with E-state index in [9.17, 15) is 4.79 Å². The summed E-state index contributed by atoms with van der Waals surface area (Å²) >= 11 is 0. The van der Waals surface area contributed by atoms with Crippen LogP contribution in [0.1, 0.15) is 38.3 Å². The number of hydrogen-bond donors (Lipinski definition) is 1. The fraction of sp³-hybridized carbons (Fsp3) is 0.500. The van der Waals surface area contributed by atoms with Crippen LogP contribution in [-0.4, -0.2) is 53.7 Å². The lowest BCUT2D eigenvalue weighted by Crippen LogP contribution is -2.50. The van der Waals surface area contributed by atoms with Crippen LogP contribution in [-0.2, 0) is 0 Å². The molecule has 2 heterocycles. The van der Waals surface area contributed by atoms with Crippen molar-refractivity contribution >= 4 is 17.7 Å². The Bertz CT molecular complexity index is 845. The predicted molar refractivity (Wildman–Crippen MR) is 114 cm³/mol. The number of rotatable bonds is 6. The highest BCUT2D eigenvalue weighted by molar-refractivity contribution is 5.91. The highest BCUT2D eigenvalue weighted by Crippen LogP contribution is 2.31. The minimum absolute atomic E-state index is 0.0935. The van der Waals surface area contributed by atoms with E-state index in [1.807, 2.05) is 41.4 Å². The molecule has 0 spiro atoms. The van der Waals surface area contributed by atoms with Crippen molar-refractivity contribution in [3.05, 3.63) is 42.2 Å². The number of amides is 2. The third-order valence-corrected chi connectivity index (χ3v) is 5.41. The lowest BCUT2D eigenvalue weighted by molar-refractivity contribution is 0.207. The number of carbonyl (C=O) groups excluding carboxylic acids is 1. The first-order valence-corrected chi connectivity index (χ1v) is 10.5. The molecule has 1 aromatic heterocycles. The molecule has 7 heteroatoms. The Morgan fingerprint density at radius 3 is 2.66 bits per heavy atom. The second-order valence-electron chi connectivity index (χ2n) is 8.09. The molecule has 1 aliphatic carbocycles. The van der Waals surface area contributed by atoms with Gasteiger partial charge in [-0.3, -0.25) is 0 Å². The molecular formula is C22H29N5O2. The van der Waals surface area contributed by atoms with Crippen molar-refractivity contribution < 1.29 is 9.53 Å². The number of piperazine rings is 1. The SMILES string of the molecule is CC(C)c1ccnc(N2CCN(C(=O)Nc3ccccc3OCC3CC3)CC2)n1. The molecule has 1 saturated carbocycles. The molecule has 0 atom stereocenters. The Morgan fingerprint density at radius 2 is 1.93 bits per heavy atom. The van der Waals surface area contributed by atoms with Crippen molar-refractivity contribution in [3.63, 3.8) is 0 Å². The van der Waals surface area contributed by atoms with Gasteiger partial charge in [-0.2, -0.15) is 0 Å². The number of anilines is 2. The Labute approximate surface area is 172 Å². The van der Waals surface area contributed by atoms with Gasteiger partial charge in [-0.05, 0) is 42.9 Å². The molecule has 2 aliphatic rings.